The van der Waals surface area contributed by atoms with Gasteiger partial charge in [-0.1, -0.05) is 24.3 Å². The molecule has 2 aromatic carbocycles. The zero-order valence-corrected chi connectivity index (χ0v) is 11.4. The number of phenolic OH excluding ortho intramolecular Hbond substituents is 1. The molecule has 0 aliphatic heterocycles. The lowest BCUT2D eigenvalue weighted by Crippen LogP contribution is -2.34. The van der Waals surface area contributed by atoms with Crippen LogP contribution >= 0.6 is 0 Å². The molecule has 1 aliphatic carbocycles. The minimum atomic E-state index is -0.579. The summed E-state index contributed by atoms with van der Waals surface area (Å²) < 4.78 is 13.3. The van der Waals surface area contributed by atoms with E-state index in [2.05, 4.69) is 36.5 Å². The summed E-state index contributed by atoms with van der Waals surface area (Å²) in [6, 6.07) is 13.3. The van der Waals surface area contributed by atoms with Gasteiger partial charge in [0.15, 0.2) is 11.6 Å². The Morgan fingerprint density at radius 1 is 1.15 bits per heavy atom. The summed E-state index contributed by atoms with van der Waals surface area (Å²) in [5.74, 6) is -0.289. The van der Waals surface area contributed by atoms with Crippen molar-refractivity contribution < 1.29 is 9.50 Å². The first kappa shape index (κ1) is 13.0. The second-order valence-electron chi connectivity index (χ2n) is 5.53. The fourth-order valence-corrected chi connectivity index (χ4v) is 2.87. The van der Waals surface area contributed by atoms with Gasteiger partial charge in [0.25, 0.3) is 0 Å². The van der Waals surface area contributed by atoms with Crippen LogP contribution in [0.2, 0.25) is 0 Å². The van der Waals surface area contributed by atoms with Crippen LogP contribution in [0.1, 0.15) is 29.9 Å². The summed E-state index contributed by atoms with van der Waals surface area (Å²) >= 11 is 0. The maximum Gasteiger partial charge on any atom is 0.166 e. The fourth-order valence-electron chi connectivity index (χ4n) is 2.87. The lowest BCUT2D eigenvalue weighted by molar-refractivity contribution is 0.372. The molecule has 104 valence electrons. The molecule has 1 saturated carbocycles. The van der Waals surface area contributed by atoms with E-state index in [-0.39, 0.29) is 5.75 Å². The van der Waals surface area contributed by atoms with Crippen molar-refractivity contribution in [3.05, 3.63) is 59.4 Å². The first-order valence-electron chi connectivity index (χ1n) is 6.94. The second-order valence-corrected chi connectivity index (χ2v) is 5.53. The number of phenols is 1. The maximum atomic E-state index is 13.3. The van der Waals surface area contributed by atoms with Crippen molar-refractivity contribution >= 4 is 5.69 Å². The average molecular weight is 271 g/mol. The average Bonchev–Trinajstić information content (AvgIpc) is 2.39. The monoisotopic (exact) mass is 271 g/mol. The minimum Gasteiger partial charge on any atom is -0.505 e. The Labute approximate surface area is 118 Å². The quantitative estimate of drug-likeness (QED) is 0.820. The van der Waals surface area contributed by atoms with Gasteiger partial charge in [-0.2, -0.15) is 0 Å². The van der Waals surface area contributed by atoms with Crippen LogP contribution in [-0.2, 0) is 0 Å². The Bertz CT molecular complexity index is 620. The third kappa shape index (κ3) is 2.48. The molecule has 0 unspecified atom stereocenters. The number of aromatic hydroxyl groups is 1. The SMILES string of the molecule is Cc1ccccc1C1CC(Nc2ccc(O)c(F)c2)C1. The van der Waals surface area contributed by atoms with E-state index in [1.54, 1.807) is 6.07 Å². The summed E-state index contributed by atoms with van der Waals surface area (Å²) in [4.78, 5) is 0. The van der Waals surface area contributed by atoms with E-state index in [9.17, 15) is 4.39 Å². The van der Waals surface area contributed by atoms with Gasteiger partial charge in [-0.3, -0.25) is 0 Å². The molecule has 0 spiro atoms. The molecular weight excluding hydrogens is 253 g/mol. The largest absolute Gasteiger partial charge is 0.505 e. The number of rotatable bonds is 3. The van der Waals surface area contributed by atoms with Crippen molar-refractivity contribution in [3.8, 4) is 5.75 Å². The van der Waals surface area contributed by atoms with Gasteiger partial charge < -0.3 is 10.4 Å². The minimum absolute atomic E-state index is 0.304. The van der Waals surface area contributed by atoms with Crippen molar-refractivity contribution in [3.63, 3.8) is 0 Å². The van der Waals surface area contributed by atoms with E-state index in [1.807, 2.05) is 0 Å². The van der Waals surface area contributed by atoms with Gasteiger partial charge in [-0.15, -0.1) is 0 Å². The first-order valence-corrected chi connectivity index (χ1v) is 6.94. The Morgan fingerprint density at radius 3 is 2.60 bits per heavy atom. The molecule has 0 bridgehead atoms. The number of hydrogen-bond acceptors (Lipinski definition) is 2. The van der Waals surface area contributed by atoms with Gasteiger partial charge in [0.1, 0.15) is 0 Å². The molecule has 20 heavy (non-hydrogen) atoms. The Hall–Kier alpha value is -2.03. The molecule has 2 nitrogen and oxygen atoms in total. The maximum absolute atomic E-state index is 13.3. The normalized spacial score (nSPS) is 21.3. The summed E-state index contributed by atoms with van der Waals surface area (Å²) in [5.41, 5.74) is 3.49. The van der Waals surface area contributed by atoms with Crippen molar-refractivity contribution in [1.82, 2.24) is 0 Å². The van der Waals surface area contributed by atoms with Gasteiger partial charge in [-0.05, 0) is 48.9 Å². The number of benzene rings is 2. The molecule has 2 aromatic rings. The molecule has 0 heterocycles. The van der Waals surface area contributed by atoms with Crippen molar-refractivity contribution in [2.24, 2.45) is 0 Å². The van der Waals surface area contributed by atoms with Crippen LogP contribution < -0.4 is 5.32 Å². The topological polar surface area (TPSA) is 32.3 Å². The molecule has 0 atom stereocenters. The fraction of sp³-hybridized carbons (Fsp3) is 0.294. The first-order chi connectivity index (χ1) is 9.63. The predicted octanol–water partition coefficient (Wildman–Crippen LogP) is 4.20. The zero-order chi connectivity index (χ0) is 14.1. The highest BCUT2D eigenvalue weighted by Gasteiger charge is 2.30. The van der Waals surface area contributed by atoms with Crippen LogP contribution in [0.5, 0.6) is 5.75 Å². The van der Waals surface area contributed by atoms with Gasteiger partial charge in [0.05, 0.1) is 0 Å². The highest BCUT2D eigenvalue weighted by molar-refractivity contribution is 5.48. The van der Waals surface area contributed by atoms with E-state index in [0.717, 1.165) is 18.5 Å². The molecular formula is C17H18FNO. The van der Waals surface area contributed by atoms with Crippen LogP contribution in [0, 0.1) is 12.7 Å². The van der Waals surface area contributed by atoms with Crippen LogP contribution in [-0.4, -0.2) is 11.1 Å². The lowest BCUT2D eigenvalue weighted by Gasteiger charge is -2.37. The molecule has 0 aromatic heterocycles. The summed E-state index contributed by atoms with van der Waals surface area (Å²) in [6.45, 7) is 2.14. The molecule has 1 aliphatic rings. The van der Waals surface area contributed by atoms with Crippen molar-refractivity contribution in [2.75, 3.05) is 5.32 Å². The Balaban J connectivity index is 1.61. The number of aryl methyl sites for hydroxylation is 1. The summed E-state index contributed by atoms with van der Waals surface area (Å²) in [6.07, 6.45) is 2.13. The van der Waals surface area contributed by atoms with Crippen LogP contribution in [0.4, 0.5) is 10.1 Å². The third-order valence-corrected chi connectivity index (χ3v) is 4.08. The third-order valence-electron chi connectivity index (χ3n) is 4.08. The van der Waals surface area contributed by atoms with E-state index in [4.69, 9.17) is 5.11 Å². The molecule has 1 fully saturated rings. The van der Waals surface area contributed by atoms with Crippen molar-refractivity contribution in [1.29, 1.82) is 0 Å². The number of nitrogens with one attached hydrogen (secondary N) is 1. The van der Waals surface area contributed by atoms with Crippen LogP contribution in [0.15, 0.2) is 42.5 Å². The van der Waals surface area contributed by atoms with Crippen LogP contribution in [0.25, 0.3) is 0 Å². The number of halogens is 1. The number of anilines is 1. The standard InChI is InChI=1S/C17H18FNO/c1-11-4-2-3-5-15(11)12-8-14(9-12)19-13-6-7-17(20)16(18)10-13/h2-7,10,12,14,19-20H,8-9H2,1H3. The lowest BCUT2D eigenvalue weighted by atomic mass is 9.74. The highest BCUT2D eigenvalue weighted by atomic mass is 19.1. The summed E-state index contributed by atoms with van der Waals surface area (Å²) in [5, 5.41) is 12.5. The molecule has 0 radical (unpaired) electrons. The predicted molar refractivity (Wildman–Crippen MR) is 78.6 cm³/mol. The Morgan fingerprint density at radius 2 is 1.90 bits per heavy atom. The summed E-state index contributed by atoms with van der Waals surface area (Å²) in [7, 11) is 0. The smallest absolute Gasteiger partial charge is 0.166 e. The number of hydrogen-bond donors (Lipinski definition) is 2. The van der Waals surface area contributed by atoms with E-state index in [1.165, 1.54) is 23.3 Å². The van der Waals surface area contributed by atoms with Crippen LogP contribution in [0.3, 0.4) is 0 Å². The zero-order valence-electron chi connectivity index (χ0n) is 11.4. The Kier molecular flexibility index (Phi) is 3.35. The van der Waals surface area contributed by atoms with E-state index < -0.39 is 5.82 Å². The van der Waals surface area contributed by atoms with Gasteiger partial charge in [0, 0.05) is 17.8 Å². The highest BCUT2D eigenvalue weighted by Crippen LogP contribution is 2.39. The second kappa shape index (κ2) is 5.16. The van der Waals surface area contributed by atoms with Gasteiger partial charge in [-0.25, -0.2) is 4.39 Å². The molecule has 3 heteroatoms. The molecule has 0 amide bonds. The molecule has 2 N–H and O–H groups in total. The molecule has 0 saturated heterocycles. The van der Waals surface area contributed by atoms with E-state index in [0.29, 0.717) is 12.0 Å². The van der Waals surface area contributed by atoms with Gasteiger partial charge >= 0.3 is 0 Å². The van der Waals surface area contributed by atoms with Crippen molar-refractivity contribution in [2.45, 2.75) is 31.7 Å². The van der Waals surface area contributed by atoms with Gasteiger partial charge in [0.2, 0.25) is 0 Å². The van der Waals surface area contributed by atoms with E-state index >= 15 is 0 Å². The molecule has 3 rings (SSSR count).